The number of hydrogen-bond acceptors (Lipinski definition) is 2. The van der Waals surface area contributed by atoms with E-state index in [4.69, 9.17) is 27.9 Å². The highest BCUT2D eigenvalue weighted by Crippen LogP contribution is 2.26. The third kappa shape index (κ3) is 4.88. The molecule has 0 fully saturated rings. The first kappa shape index (κ1) is 13.4. The Morgan fingerprint density at radius 2 is 2.12 bits per heavy atom. The molecule has 88 valence electrons. The quantitative estimate of drug-likeness (QED) is 0.598. The van der Waals surface area contributed by atoms with Crippen molar-refractivity contribution in [2.45, 2.75) is 6.42 Å². The van der Waals surface area contributed by atoms with Gasteiger partial charge in [-0.25, -0.2) is 0 Å². The van der Waals surface area contributed by atoms with E-state index in [9.17, 15) is 0 Å². The van der Waals surface area contributed by atoms with Gasteiger partial charge in [0.2, 0.25) is 0 Å². The Morgan fingerprint density at radius 1 is 1.31 bits per heavy atom. The van der Waals surface area contributed by atoms with Crippen molar-refractivity contribution in [2.24, 2.45) is 0 Å². The second-order valence-electron chi connectivity index (χ2n) is 3.27. The lowest BCUT2D eigenvalue weighted by Gasteiger charge is -2.07. The molecule has 0 aliphatic heterocycles. The summed E-state index contributed by atoms with van der Waals surface area (Å²) >= 11 is 11.7. The van der Waals surface area contributed by atoms with Crippen molar-refractivity contribution in [1.82, 2.24) is 5.32 Å². The molecule has 0 aliphatic carbocycles. The molecule has 0 aliphatic rings. The number of hydrogen-bond donors (Lipinski definition) is 1. The molecule has 16 heavy (non-hydrogen) atoms. The van der Waals surface area contributed by atoms with E-state index < -0.39 is 0 Å². The number of nitrogens with one attached hydrogen (secondary N) is 1. The summed E-state index contributed by atoms with van der Waals surface area (Å²) in [5.74, 6) is 0.748. The van der Waals surface area contributed by atoms with E-state index in [2.05, 4.69) is 11.9 Å². The van der Waals surface area contributed by atoms with Crippen LogP contribution in [0.2, 0.25) is 10.0 Å². The highest BCUT2D eigenvalue weighted by molar-refractivity contribution is 6.42. The third-order valence-electron chi connectivity index (χ3n) is 1.95. The fourth-order valence-corrected chi connectivity index (χ4v) is 1.45. The summed E-state index contributed by atoms with van der Waals surface area (Å²) in [6.07, 6.45) is 2.77. The number of rotatable bonds is 7. The van der Waals surface area contributed by atoms with E-state index in [0.717, 1.165) is 25.3 Å². The van der Waals surface area contributed by atoms with Gasteiger partial charge < -0.3 is 10.1 Å². The minimum Gasteiger partial charge on any atom is -0.493 e. The van der Waals surface area contributed by atoms with Gasteiger partial charge in [-0.15, -0.1) is 6.58 Å². The summed E-state index contributed by atoms with van der Waals surface area (Å²) < 4.78 is 5.51. The Hall–Kier alpha value is -0.700. The standard InChI is InChI=1S/C12H15Cl2NO/c1-2-6-15-7-3-8-16-10-4-5-11(13)12(14)9-10/h2,4-5,9,15H,1,3,6-8H2. The summed E-state index contributed by atoms with van der Waals surface area (Å²) in [7, 11) is 0. The van der Waals surface area contributed by atoms with Crippen LogP contribution in [0.3, 0.4) is 0 Å². The summed E-state index contributed by atoms with van der Waals surface area (Å²) in [5, 5.41) is 4.26. The van der Waals surface area contributed by atoms with Gasteiger partial charge in [0.1, 0.15) is 5.75 Å². The Bertz CT molecular complexity index is 342. The number of halogens is 2. The van der Waals surface area contributed by atoms with Gasteiger partial charge in [0.25, 0.3) is 0 Å². The maximum atomic E-state index is 5.86. The predicted octanol–water partition coefficient (Wildman–Crippen LogP) is 3.54. The molecular formula is C12H15Cl2NO. The van der Waals surface area contributed by atoms with Gasteiger partial charge in [-0.2, -0.15) is 0 Å². The van der Waals surface area contributed by atoms with Crippen LogP contribution in [-0.2, 0) is 0 Å². The van der Waals surface area contributed by atoms with Gasteiger partial charge >= 0.3 is 0 Å². The minimum absolute atomic E-state index is 0.518. The van der Waals surface area contributed by atoms with E-state index >= 15 is 0 Å². The van der Waals surface area contributed by atoms with Crippen molar-refractivity contribution in [3.63, 3.8) is 0 Å². The SMILES string of the molecule is C=CCNCCCOc1ccc(Cl)c(Cl)c1. The third-order valence-corrected chi connectivity index (χ3v) is 2.69. The highest BCUT2D eigenvalue weighted by atomic mass is 35.5. The van der Waals surface area contributed by atoms with Crippen LogP contribution in [0, 0.1) is 0 Å². The lowest BCUT2D eigenvalue weighted by atomic mass is 10.3. The zero-order valence-corrected chi connectivity index (χ0v) is 10.5. The molecule has 0 radical (unpaired) electrons. The van der Waals surface area contributed by atoms with Gasteiger partial charge in [0, 0.05) is 12.6 Å². The average Bonchev–Trinajstić information content (AvgIpc) is 2.28. The molecule has 1 rings (SSSR count). The van der Waals surface area contributed by atoms with Crippen molar-refractivity contribution in [3.05, 3.63) is 40.9 Å². The highest BCUT2D eigenvalue weighted by Gasteiger charge is 1.99. The van der Waals surface area contributed by atoms with Crippen LogP contribution in [-0.4, -0.2) is 19.7 Å². The summed E-state index contributed by atoms with van der Waals surface area (Å²) in [5.41, 5.74) is 0. The van der Waals surface area contributed by atoms with Crippen LogP contribution in [0.4, 0.5) is 0 Å². The topological polar surface area (TPSA) is 21.3 Å². The molecule has 2 nitrogen and oxygen atoms in total. The molecule has 0 amide bonds. The molecule has 0 spiro atoms. The number of ether oxygens (including phenoxy) is 1. The molecule has 0 heterocycles. The fourth-order valence-electron chi connectivity index (χ4n) is 1.16. The molecule has 0 saturated heterocycles. The number of benzene rings is 1. The molecule has 1 N–H and O–H groups in total. The average molecular weight is 260 g/mol. The molecule has 1 aromatic rings. The Morgan fingerprint density at radius 3 is 2.81 bits per heavy atom. The monoisotopic (exact) mass is 259 g/mol. The maximum absolute atomic E-state index is 5.86. The first-order valence-electron chi connectivity index (χ1n) is 5.13. The molecule has 0 unspecified atom stereocenters. The van der Waals surface area contributed by atoms with E-state index in [1.54, 1.807) is 12.1 Å². The van der Waals surface area contributed by atoms with Crippen LogP contribution in [0.5, 0.6) is 5.75 Å². The molecule has 0 atom stereocenters. The molecular weight excluding hydrogens is 245 g/mol. The normalized spacial score (nSPS) is 10.1. The molecule has 0 bridgehead atoms. The maximum Gasteiger partial charge on any atom is 0.120 e. The second kappa shape index (κ2) is 7.55. The summed E-state index contributed by atoms with van der Waals surface area (Å²) in [6.45, 7) is 6.01. The van der Waals surface area contributed by atoms with Crippen molar-refractivity contribution >= 4 is 23.2 Å². The summed E-state index contributed by atoms with van der Waals surface area (Å²) in [6, 6.07) is 5.27. The van der Waals surface area contributed by atoms with Gasteiger partial charge in [0.15, 0.2) is 0 Å². The van der Waals surface area contributed by atoms with Crippen LogP contribution in [0.15, 0.2) is 30.9 Å². The Labute approximate surface area is 106 Å². The molecule has 4 heteroatoms. The van der Waals surface area contributed by atoms with E-state index in [1.807, 2.05) is 12.1 Å². The van der Waals surface area contributed by atoms with E-state index in [-0.39, 0.29) is 0 Å². The molecule has 0 saturated carbocycles. The first-order valence-corrected chi connectivity index (χ1v) is 5.89. The van der Waals surface area contributed by atoms with E-state index in [0.29, 0.717) is 16.7 Å². The first-order chi connectivity index (χ1) is 7.74. The minimum atomic E-state index is 0.518. The van der Waals surface area contributed by atoms with Gasteiger partial charge in [-0.3, -0.25) is 0 Å². The molecule has 0 aromatic heterocycles. The predicted molar refractivity (Wildman–Crippen MR) is 69.6 cm³/mol. The van der Waals surface area contributed by atoms with Gasteiger partial charge in [-0.05, 0) is 25.1 Å². The zero-order chi connectivity index (χ0) is 11.8. The smallest absolute Gasteiger partial charge is 0.120 e. The van der Waals surface area contributed by atoms with Crippen LogP contribution >= 0.6 is 23.2 Å². The lowest BCUT2D eigenvalue weighted by Crippen LogP contribution is -2.17. The lowest BCUT2D eigenvalue weighted by molar-refractivity contribution is 0.309. The largest absolute Gasteiger partial charge is 0.493 e. The van der Waals surface area contributed by atoms with Crippen LogP contribution < -0.4 is 10.1 Å². The Balaban J connectivity index is 2.21. The van der Waals surface area contributed by atoms with Gasteiger partial charge in [-0.1, -0.05) is 29.3 Å². The van der Waals surface area contributed by atoms with Crippen LogP contribution in [0.25, 0.3) is 0 Å². The van der Waals surface area contributed by atoms with Crippen molar-refractivity contribution in [3.8, 4) is 5.75 Å². The Kier molecular flexibility index (Phi) is 6.31. The summed E-state index contributed by atoms with van der Waals surface area (Å²) in [4.78, 5) is 0. The second-order valence-corrected chi connectivity index (χ2v) is 4.09. The van der Waals surface area contributed by atoms with E-state index in [1.165, 1.54) is 0 Å². The van der Waals surface area contributed by atoms with Crippen molar-refractivity contribution in [1.29, 1.82) is 0 Å². The van der Waals surface area contributed by atoms with Crippen molar-refractivity contribution < 1.29 is 4.74 Å². The fraction of sp³-hybridized carbons (Fsp3) is 0.333. The van der Waals surface area contributed by atoms with Crippen molar-refractivity contribution in [2.75, 3.05) is 19.7 Å². The molecule has 1 aromatic carbocycles. The van der Waals surface area contributed by atoms with Crippen LogP contribution in [0.1, 0.15) is 6.42 Å². The van der Waals surface area contributed by atoms with Gasteiger partial charge in [0.05, 0.1) is 16.7 Å². The zero-order valence-electron chi connectivity index (χ0n) is 9.01.